The van der Waals surface area contributed by atoms with Crippen LogP contribution < -0.4 is 15.4 Å². The summed E-state index contributed by atoms with van der Waals surface area (Å²) < 4.78 is 5.10. The maximum atomic E-state index is 11.5. The lowest BCUT2D eigenvalue weighted by atomic mass is 10.1. The van der Waals surface area contributed by atoms with Crippen LogP contribution >= 0.6 is 0 Å². The van der Waals surface area contributed by atoms with Crippen molar-refractivity contribution in [1.29, 1.82) is 0 Å². The van der Waals surface area contributed by atoms with Gasteiger partial charge in [-0.3, -0.25) is 4.79 Å². The summed E-state index contributed by atoms with van der Waals surface area (Å²) >= 11 is 0. The van der Waals surface area contributed by atoms with Crippen LogP contribution in [0.3, 0.4) is 0 Å². The highest BCUT2D eigenvalue weighted by molar-refractivity contribution is 5.81. The van der Waals surface area contributed by atoms with Gasteiger partial charge < -0.3 is 15.4 Å². The monoisotopic (exact) mass is 260 g/mol. The summed E-state index contributed by atoms with van der Waals surface area (Å²) in [6, 6.07) is 7.65. The van der Waals surface area contributed by atoms with Crippen LogP contribution in [0.2, 0.25) is 0 Å². The van der Waals surface area contributed by atoms with Crippen molar-refractivity contribution in [3.8, 4) is 18.1 Å². The van der Waals surface area contributed by atoms with Crippen LogP contribution in [0.1, 0.15) is 12.5 Å². The first-order valence-electron chi connectivity index (χ1n) is 6.25. The summed E-state index contributed by atoms with van der Waals surface area (Å²) in [6.07, 6.45) is 5.94. The molecule has 4 heteroatoms. The van der Waals surface area contributed by atoms with E-state index in [1.54, 1.807) is 7.11 Å². The lowest BCUT2D eigenvalue weighted by molar-refractivity contribution is -0.122. The summed E-state index contributed by atoms with van der Waals surface area (Å²) in [5.74, 6) is 3.14. The van der Waals surface area contributed by atoms with Gasteiger partial charge in [-0.2, -0.15) is 0 Å². The van der Waals surface area contributed by atoms with Crippen LogP contribution in [0.25, 0.3) is 0 Å². The molecule has 0 aliphatic carbocycles. The molecule has 0 fully saturated rings. The summed E-state index contributed by atoms with van der Waals surface area (Å²) in [6.45, 7) is 2.82. The molecule has 1 aromatic carbocycles. The smallest absolute Gasteiger partial charge is 0.237 e. The Bertz CT molecular complexity index is 434. The molecule has 2 N–H and O–H groups in total. The number of carbonyl (C=O) groups is 1. The van der Waals surface area contributed by atoms with Crippen molar-refractivity contribution in [1.82, 2.24) is 10.6 Å². The van der Waals surface area contributed by atoms with Crippen molar-refractivity contribution in [2.45, 2.75) is 19.4 Å². The zero-order valence-corrected chi connectivity index (χ0v) is 11.4. The Kier molecular flexibility index (Phi) is 6.48. The fraction of sp³-hybridized carbons (Fsp3) is 0.400. The van der Waals surface area contributed by atoms with Gasteiger partial charge in [-0.05, 0) is 37.6 Å². The lowest BCUT2D eigenvalue weighted by Gasteiger charge is -2.13. The molecule has 0 aromatic heterocycles. The Labute approximate surface area is 114 Å². The maximum absolute atomic E-state index is 11.5. The van der Waals surface area contributed by atoms with Crippen LogP contribution in [0.4, 0.5) is 0 Å². The van der Waals surface area contributed by atoms with Gasteiger partial charge in [-0.1, -0.05) is 18.1 Å². The van der Waals surface area contributed by atoms with Crippen molar-refractivity contribution in [2.75, 3.05) is 20.2 Å². The van der Waals surface area contributed by atoms with Gasteiger partial charge in [0, 0.05) is 0 Å². The van der Waals surface area contributed by atoms with E-state index >= 15 is 0 Å². The van der Waals surface area contributed by atoms with E-state index in [0.717, 1.165) is 18.7 Å². The maximum Gasteiger partial charge on any atom is 0.237 e. The number of hydrogen-bond acceptors (Lipinski definition) is 3. The predicted octanol–water partition coefficient (Wildman–Crippen LogP) is 0.965. The SMILES string of the molecule is C#CCNC(=O)C(C)NCCc1ccc(OC)cc1. The molecule has 1 amide bonds. The number of rotatable bonds is 7. The van der Waals surface area contributed by atoms with Crippen molar-refractivity contribution in [3.63, 3.8) is 0 Å². The molecule has 0 aliphatic rings. The third-order valence-electron chi connectivity index (χ3n) is 2.78. The largest absolute Gasteiger partial charge is 0.497 e. The third kappa shape index (κ3) is 5.45. The van der Waals surface area contributed by atoms with Crippen LogP contribution in [-0.4, -0.2) is 32.1 Å². The highest BCUT2D eigenvalue weighted by Crippen LogP contribution is 2.11. The number of methoxy groups -OCH3 is 1. The van der Waals surface area contributed by atoms with Crippen LogP contribution in [-0.2, 0) is 11.2 Å². The molecule has 0 spiro atoms. The summed E-state index contributed by atoms with van der Waals surface area (Å²) in [5, 5.41) is 5.80. The van der Waals surface area contributed by atoms with Gasteiger partial charge in [-0.25, -0.2) is 0 Å². The average molecular weight is 260 g/mol. The first-order valence-corrected chi connectivity index (χ1v) is 6.25. The Balaban J connectivity index is 2.29. The zero-order valence-electron chi connectivity index (χ0n) is 11.4. The van der Waals surface area contributed by atoms with E-state index in [1.165, 1.54) is 5.56 Å². The predicted molar refractivity (Wildman–Crippen MR) is 76.0 cm³/mol. The van der Waals surface area contributed by atoms with E-state index in [1.807, 2.05) is 31.2 Å². The number of carbonyl (C=O) groups excluding carboxylic acids is 1. The molecule has 1 rings (SSSR count). The third-order valence-corrected chi connectivity index (χ3v) is 2.78. The van der Waals surface area contributed by atoms with Crippen LogP contribution in [0.15, 0.2) is 24.3 Å². The van der Waals surface area contributed by atoms with Crippen molar-refractivity contribution in [3.05, 3.63) is 29.8 Å². The van der Waals surface area contributed by atoms with Gasteiger partial charge in [0.1, 0.15) is 5.75 Å². The van der Waals surface area contributed by atoms with E-state index in [4.69, 9.17) is 11.2 Å². The first kappa shape index (κ1) is 15.1. The second kappa shape index (κ2) is 8.17. The average Bonchev–Trinajstić information content (AvgIpc) is 2.45. The van der Waals surface area contributed by atoms with Crippen molar-refractivity contribution < 1.29 is 9.53 Å². The molecule has 0 saturated carbocycles. The van der Waals surface area contributed by atoms with E-state index in [-0.39, 0.29) is 18.5 Å². The molecule has 0 radical (unpaired) electrons. The summed E-state index contributed by atoms with van der Waals surface area (Å²) in [4.78, 5) is 11.5. The molecule has 4 nitrogen and oxygen atoms in total. The Morgan fingerprint density at radius 1 is 1.42 bits per heavy atom. The van der Waals surface area contributed by atoms with E-state index in [2.05, 4.69) is 16.6 Å². The Morgan fingerprint density at radius 2 is 2.11 bits per heavy atom. The topological polar surface area (TPSA) is 50.4 Å². The summed E-state index contributed by atoms with van der Waals surface area (Å²) in [5.41, 5.74) is 1.20. The van der Waals surface area contributed by atoms with E-state index < -0.39 is 0 Å². The number of amides is 1. The molecule has 0 saturated heterocycles. The molecule has 1 unspecified atom stereocenters. The molecule has 1 atom stereocenters. The Morgan fingerprint density at radius 3 is 2.68 bits per heavy atom. The molecule has 1 aromatic rings. The molecule has 0 bridgehead atoms. The Hall–Kier alpha value is -1.99. The van der Waals surface area contributed by atoms with E-state index in [9.17, 15) is 4.79 Å². The highest BCUT2D eigenvalue weighted by atomic mass is 16.5. The second-order valence-electron chi connectivity index (χ2n) is 4.20. The van der Waals surface area contributed by atoms with Crippen LogP contribution in [0.5, 0.6) is 5.75 Å². The van der Waals surface area contributed by atoms with Crippen molar-refractivity contribution in [2.24, 2.45) is 0 Å². The minimum atomic E-state index is -0.244. The number of benzene rings is 1. The molecular formula is C15H20N2O2. The van der Waals surface area contributed by atoms with Gasteiger partial charge in [0.15, 0.2) is 0 Å². The quantitative estimate of drug-likeness (QED) is 0.718. The molecule has 0 aliphatic heterocycles. The normalized spacial score (nSPS) is 11.4. The molecule has 102 valence electrons. The summed E-state index contributed by atoms with van der Waals surface area (Å²) in [7, 11) is 1.65. The fourth-order valence-electron chi connectivity index (χ4n) is 1.61. The zero-order chi connectivity index (χ0) is 14.1. The molecular weight excluding hydrogens is 240 g/mol. The van der Waals surface area contributed by atoms with E-state index in [0.29, 0.717) is 0 Å². The fourth-order valence-corrected chi connectivity index (χ4v) is 1.61. The van der Waals surface area contributed by atoms with Gasteiger partial charge in [0.2, 0.25) is 5.91 Å². The first-order chi connectivity index (χ1) is 9.17. The van der Waals surface area contributed by atoms with Crippen LogP contribution in [0, 0.1) is 12.3 Å². The standard InChI is InChI=1S/C15H20N2O2/c1-4-10-17-15(18)12(2)16-11-9-13-5-7-14(19-3)8-6-13/h1,5-8,12,16H,9-11H2,2-3H3,(H,17,18). The molecule has 0 heterocycles. The highest BCUT2D eigenvalue weighted by Gasteiger charge is 2.10. The number of terminal acetylenes is 1. The number of hydrogen-bond donors (Lipinski definition) is 2. The van der Waals surface area contributed by atoms with Crippen molar-refractivity contribution >= 4 is 5.91 Å². The second-order valence-corrected chi connectivity index (χ2v) is 4.20. The van der Waals surface area contributed by atoms with Gasteiger partial charge in [0.25, 0.3) is 0 Å². The lowest BCUT2D eigenvalue weighted by Crippen LogP contribution is -2.42. The number of nitrogens with one attached hydrogen (secondary N) is 2. The van der Waals surface area contributed by atoms with Gasteiger partial charge >= 0.3 is 0 Å². The van der Waals surface area contributed by atoms with Gasteiger partial charge in [0.05, 0.1) is 19.7 Å². The molecule has 19 heavy (non-hydrogen) atoms. The minimum Gasteiger partial charge on any atom is -0.497 e. The number of ether oxygens (including phenoxy) is 1. The van der Waals surface area contributed by atoms with Gasteiger partial charge in [-0.15, -0.1) is 6.42 Å². The minimum absolute atomic E-state index is 0.0762.